The number of hydrogen-bond acceptors (Lipinski definition) is 3. The molecule has 0 radical (unpaired) electrons. The minimum atomic E-state index is -0.188. The Morgan fingerprint density at radius 2 is 1.95 bits per heavy atom. The van der Waals surface area contributed by atoms with Crippen LogP contribution in [0.4, 0.5) is 5.69 Å². The number of carbonyl (C=O) groups excluding carboxylic acids is 2. The zero-order valence-corrected chi connectivity index (χ0v) is 11.2. The Morgan fingerprint density at radius 3 is 2.76 bits per heavy atom. The zero-order chi connectivity index (χ0) is 14.8. The molecule has 0 unspecified atom stereocenters. The third kappa shape index (κ3) is 2.30. The molecule has 0 aromatic heterocycles. The molecule has 0 spiro atoms. The first-order valence-electron chi connectivity index (χ1n) is 6.65. The average molecular weight is 276 g/mol. The number of ketones is 1. The van der Waals surface area contributed by atoms with Gasteiger partial charge in [-0.25, -0.2) is 0 Å². The Bertz CT molecular complexity index is 774. The quantitative estimate of drug-likeness (QED) is 0.804. The van der Waals surface area contributed by atoms with Crippen LogP contribution in [0.1, 0.15) is 32.7 Å². The molecule has 0 fully saturated rings. The van der Waals surface area contributed by atoms with Crippen molar-refractivity contribution in [3.05, 3.63) is 65.2 Å². The molecule has 0 bridgehead atoms. The van der Waals surface area contributed by atoms with Gasteiger partial charge in [0.15, 0.2) is 5.78 Å². The third-order valence-corrected chi connectivity index (χ3v) is 3.54. The number of fused-ring (bicyclic) bond motifs is 1. The lowest BCUT2D eigenvalue weighted by Gasteiger charge is -2.28. The van der Waals surface area contributed by atoms with Crippen LogP contribution < -0.4 is 4.90 Å². The average Bonchev–Trinajstić information content (AvgIpc) is 2.55. The van der Waals surface area contributed by atoms with E-state index in [2.05, 4.69) is 0 Å². The lowest BCUT2D eigenvalue weighted by atomic mass is 9.99. The standard InChI is InChI=1S/C17H12N2O2/c18-11-12-4-3-5-13(10-12)17(21)19-9-8-16(20)14-6-1-2-7-15(14)19/h1-7,10H,8-9H2. The van der Waals surface area contributed by atoms with E-state index in [0.717, 1.165) is 0 Å². The summed E-state index contributed by atoms with van der Waals surface area (Å²) in [7, 11) is 0. The SMILES string of the molecule is N#Cc1cccc(C(=O)N2CCC(=O)c3ccccc32)c1. The van der Waals surface area contributed by atoms with E-state index in [1.165, 1.54) is 0 Å². The maximum atomic E-state index is 12.6. The second-order valence-corrected chi connectivity index (χ2v) is 4.84. The summed E-state index contributed by atoms with van der Waals surface area (Å²) in [5.41, 5.74) is 2.12. The largest absolute Gasteiger partial charge is 0.307 e. The molecule has 102 valence electrons. The van der Waals surface area contributed by atoms with E-state index in [4.69, 9.17) is 5.26 Å². The van der Waals surface area contributed by atoms with Crippen molar-refractivity contribution in [2.24, 2.45) is 0 Å². The summed E-state index contributed by atoms with van der Waals surface area (Å²) in [6.45, 7) is 0.367. The molecular weight excluding hydrogens is 264 g/mol. The van der Waals surface area contributed by atoms with Gasteiger partial charge in [-0.2, -0.15) is 5.26 Å². The van der Waals surface area contributed by atoms with Crippen LogP contribution >= 0.6 is 0 Å². The molecule has 0 N–H and O–H groups in total. The number of amides is 1. The molecule has 4 nitrogen and oxygen atoms in total. The Labute approximate surface area is 122 Å². The number of Topliss-reactive ketones (excluding diaryl/α,β-unsaturated/α-hetero) is 1. The third-order valence-electron chi connectivity index (χ3n) is 3.54. The predicted octanol–water partition coefficient (Wildman–Crippen LogP) is 2.79. The Balaban J connectivity index is 2.01. The van der Waals surface area contributed by atoms with Gasteiger partial charge in [-0.05, 0) is 30.3 Å². The zero-order valence-electron chi connectivity index (χ0n) is 11.2. The van der Waals surface area contributed by atoms with E-state index in [-0.39, 0.29) is 11.7 Å². The molecule has 1 heterocycles. The van der Waals surface area contributed by atoms with Gasteiger partial charge in [-0.3, -0.25) is 9.59 Å². The van der Waals surface area contributed by atoms with E-state index in [1.54, 1.807) is 47.4 Å². The molecule has 4 heteroatoms. The van der Waals surface area contributed by atoms with E-state index in [9.17, 15) is 9.59 Å². The molecular formula is C17H12N2O2. The van der Waals surface area contributed by atoms with Crippen LogP contribution in [0.2, 0.25) is 0 Å². The number of benzene rings is 2. The number of nitrogens with zero attached hydrogens (tertiary/aromatic N) is 2. The predicted molar refractivity (Wildman–Crippen MR) is 78.2 cm³/mol. The van der Waals surface area contributed by atoms with Gasteiger partial charge in [-0.1, -0.05) is 18.2 Å². The summed E-state index contributed by atoms with van der Waals surface area (Å²) in [4.78, 5) is 26.2. The fourth-order valence-corrected chi connectivity index (χ4v) is 2.50. The highest BCUT2D eigenvalue weighted by molar-refractivity contribution is 6.13. The Hall–Kier alpha value is -2.93. The Kier molecular flexibility index (Phi) is 3.25. The number of hydrogen-bond donors (Lipinski definition) is 0. The number of anilines is 1. The summed E-state index contributed by atoms with van der Waals surface area (Å²) in [6, 6.07) is 15.7. The summed E-state index contributed by atoms with van der Waals surface area (Å²) in [5, 5.41) is 8.93. The van der Waals surface area contributed by atoms with Gasteiger partial charge in [0.25, 0.3) is 5.91 Å². The van der Waals surface area contributed by atoms with E-state index in [1.807, 2.05) is 12.1 Å². The van der Waals surface area contributed by atoms with Crippen LogP contribution in [0.3, 0.4) is 0 Å². The molecule has 0 saturated heterocycles. The molecule has 0 aliphatic carbocycles. The molecule has 0 atom stereocenters. The topological polar surface area (TPSA) is 61.2 Å². The van der Waals surface area contributed by atoms with Gasteiger partial charge in [0.05, 0.1) is 17.3 Å². The maximum Gasteiger partial charge on any atom is 0.258 e. The maximum absolute atomic E-state index is 12.6. The van der Waals surface area contributed by atoms with Gasteiger partial charge in [0, 0.05) is 24.1 Å². The van der Waals surface area contributed by atoms with Crippen molar-refractivity contribution >= 4 is 17.4 Å². The minimum Gasteiger partial charge on any atom is -0.307 e. The van der Waals surface area contributed by atoms with Crippen molar-refractivity contribution in [3.63, 3.8) is 0 Å². The molecule has 3 rings (SSSR count). The number of rotatable bonds is 1. The summed E-state index contributed by atoms with van der Waals surface area (Å²) in [5.74, 6) is -0.132. The molecule has 2 aromatic carbocycles. The fraction of sp³-hybridized carbons (Fsp3) is 0.118. The summed E-state index contributed by atoms with van der Waals surface area (Å²) in [6.07, 6.45) is 0.320. The minimum absolute atomic E-state index is 0.0559. The van der Waals surface area contributed by atoms with Crippen molar-refractivity contribution in [3.8, 4) is 6.07 Å². The van der Waals surface area contributed by atoms with E-state index >= 15 is 0 Å². The molecule has 0 saturated carbocycles. The summed E-state index contributed by atoms with van der Waals surface area (Å²) < 4.78 is 0. The van der Waals surface area contributed by atoms with E-state index < -0.39 is 0 Å². The van der Waals surface area contributed by atoms with Gasteiger partial charge >= 0.3 is 0 Å². The highest BCUT2D eigenvalue weighted by Crippen LogP contribution is 2.28. The van der Waals surface area contributed by atoms with Crippen LogP contribution in [0.5, 0.6) is 0 Å². The first-order valence-corrected chi connectivity index (χ1v) is 6.65. The second-order valence-electron chi connectivity index (χ2n) is 4.84. The normalized spacial score (nSPS) is 13.5. The van der Waals surface area contributed by atoms with Crippen molar-refractivity contribution in [2.45, 2.75) is 6.42 Å². The lowest BCUT2D eigenvalue weighted by Crippen LogP contribution is -2.37. The number of nitriles is 1. The second kappa shape index (κ2) is 5.22. The molecule has 1 aliphatic heterocycles. The van der Waals surface area contributed by atoms with Gasteiger partial charge < -0.3 is 4.90 Å². The van der Waals surface area contributed by atoms with Gasteiger partial charge in [0.2, 0.25) is 0 Å². The van der Waals surface area contributed by atoms with E-state index in [0.29, 0.717) is 35.3 Å². The van der Waals surface area contributed by atoms with Crippen LogP contribution in [0.15, 0.2) is 48.5 Å². The van der Waals surface area contributed by atoms with Crippen LogP contribution in [0, 0.1) is 11.3 Å². The van der Waals surface area contributed by atoms with Crippen LogP contribution in [0.25, 0.3) is 0 Å². The van der Waals surface area contributed by atoms with Gasteiger partial charge in [0.1, 0.15) is 0 Å². The lowest BCUT2D eigenvalue weighted by molar-refractivity contribution is 0.0955. The van der Waals surface area contributed by atoms with Crippen molar-refractivity contribution < 1.29 is 9.59 Å². The van der Waals surface area contributed by atoms with Crippen LogP contribution in [-0.4, -0.2) is 18.2 Å². The van der Waals surface area contributed by atoms with Crippen LogP contribution in [-0.2, 0) is 0 Å². The van der Waals surface area contributed by atoms with Crippen molar-refractivity contribution in [1.82, 2.24) is 0 Å². The number of carbonyl (C=O) groups is 2. The van der Waals surface area contributed by atoms with Crippen molar-refractivity contribution in [1.29, 1.82) is 5.26 Å². The highest BCUT2D eigenvalue weighted by atomic mass is 16.2. The smallest absolute Gasteiger partial charge is 0.258 e. The molecule has 2 aromatic rings. The molecule has 1 amide bonds. The fourth-order valence-electron chi connectivity index (χ4n) is 2.50. The molecule has 21 heavy (non-hydrogen) atoms. The molecule has 1 aliphatic rings. The highest BCUT2D eigenvalue weighted by Gasteiger charge is 2.27. The first-order chi connectivity index (χ1) is 10.2. The Morgan fingerprint density at radius 1 is 1.14 bits per heavy atom. The number of para-hydroxylation sites is 1. The van der Waals surface area contributed by atoms with Crippen molar-refractivity contribution in [2.75, 3.05) is 11.4 Å². The monoisotopic (exact) mass is 276 g/mol. The van der Waals surface area contributed by atoms with Gasteiger partial charge in [-0.15, -0.1) is 0 Å². The first kappa shape index (κ1) is 13.1. The summed E-state index contributed by atoms with van der Waals surface area (Å²) >= 11 is 0.